The van der Waals surface area contributed by atoms with Crippen molar-refractivity contribution in [2.45, 2.75) is 0 Å². The molecule has 224 valence electrons. The van der Waals surface area contributed by atoms with Gasteiger partial charge >= 0.3 is 0 Å². The SMILES string of the molecule is c1cc(-c2ccc3ccccc3n2)cc(-c2nc(-c3cccc4c3oc3ccccc34)cc(-c3cccc4c3oc3ccccc34)n2)c1. The zero-order valence-electron chi connectivity index (χ0n) is 25.6. The van der Waals surface area contributed by atoms with Gasteiger partial charge in [-0.15, -0.1) is 0 Å². The van der Waals surface area contributed by atoms with Gasteiger partial charge in [-0.25, -0.2) is 15.0 Å². The molecule has 0 spiro atoms. The number of aromatic nitrogens is 3. The van der Waals surface area contributed by atoms with Gasteiger partial charge in [-0.1, -0.05) is 103 Å². The molecule has 0 amide bonds. The summed E-state index contributed by atoms with van der Waals surface area (Å²) in [7, 11) is 0. The molecule has 5 nitrogen and oxygen atoms in total. The highest BCUT2D eigenvalue weighted by molar-refractivity contribution is 6.11. The fourth-order valence-electron chi connectivity index (χ4n) is 6.79. The van der Waals surface area contributed by atoms with Crippen LogP contribution in [0.2, 0.25) is 0 Å². The lowest BCUT2D eigenvalue weighted by Crippen LogP contribution is -1.97. The van der Waals surface area contributed by atoms with E-state index in [2.05, 4.69) is 84.9 Å². The molecule has 0 saturated heterocycles. The van der Waals surface area contributed by atoms with E-state index in [1.54, 1.807) is 0 Å². The van der Waals surface area contributed by atoms with Gasteiger partial charge in [0.1, 0.15) is 22.3 Å². The van der Waals surface area contributed by atoms with Crippen molar-refractivity contribution in [1.29, 1.82) is 0 Å². The molecule has 4 heterocycles. The second kappa shape index (κ2) is 10.5. The van der Waals surface area contributed by atoms with E-state index in [-0.39, 0.29) is 0 Å². The average molecular weight is 616 g/mol. The minimum Gasteiger partial charge on any atom is -0.455 e. The van der Waals surface area contributed by atoms with Crippen LogP contribution in [0.4, 0.5) is 0 Å². The number of para-hydroxylation sites is 5. The molecule has 0 aliphatic rings. The maximum absolute atomic E-state index is 6.46. The van der Waals surface area contributed by atoms with Crippen LogP contribution in [0.1, 0.15) is 0 Å². The Morgan fingerprint density at radius 3 is 1.62 bits per heavy atom. The molecule has 4 aromatic heterocycles. The van der Waals surface area contributed by atoms with Crippen LogP contribution in [-0.2, 0) is 0 Å². The number of fused-ring (bicyclic) bond motifs is 7. The monoisotopic (exact) mass is 615 g/mol. The van der Waals surface area contributed by atoms with Crippen molar-refractivity contribution in [2.75, 3.05) is 0 Å². The maximum Gasteiger partial charge on any atom is 0.160 e. The number of rotatable bonds is 4. The number of benzene rings is 6. The first-order chi connectivity index (χ1) is 23.8. The molecule has 10 rings (SSSR count). The van der Waals surface area contributed by atoms with Crippen LogP contribution in [0.15, 0.2) is 160 Å². The van der Waals surface area contributed by atoms with Gasteiger partial charge in [0.2, 0.25) is 0 Å². The molecule has 10 aromatic rings. The number of nitrogens with zero attached hydrogens (tertiary/aromatic N) is 3. The number of furan rings is 2. The Morgan fingerprint density at radius 2 is 0.938 bits per heavy atom. The van der Waals surface area contributed by atoms with Crippen LogP contribution in [-0.4, -0.2) is 15.0 Å². The molecular weight excluding hydrogens is 590 g/mol. The summed E-state index contributed by atoms with van der Waals surface area (Å²) in [5.41, 5.74) is 10.3. The van der Waals surface area contributed by atoms with Crippen LogP contribution in [0.3, 0.4) is 0 Å². The smallest absolute Gasteiger partial charge is 0.160 e. The predicted octanol–water partition coefficient (Wildman–Crippen LogP) is 11.5. The zero-order valence-corrected chi connectivity index (χ0v) is 25.6. The summed E-state index contributed by atoms with van der Waals surface area (Å²) in [5.74, 6) is 0.603. The van der Waals surface area contributed by atoms with Crippen molar-refractivity contribution < 1.29 is 8.83 Å². The largest absolute Gasteiger partial charge is 0.455 e. The molecule has 0 bridgehead atoms. The first-order valence-corrected chi connectivity index (χ1v) is 15.9. The Hall–Kier alpha value is -6.59. The topological polar surface area (TPSA) is 65.0 Å². The van der Waals surface area contributed by atoms with E-state index in [9.17, 15) is 0 Å². The van der Waals surface area contributed by atoms with Crippen molar-refractivity contribution in [3.05, 3.63) is 152 Å². The van der Waals surface area contributed by atoms with Crippen LogP contribution in [0.25, 0.3) is 99.9 Å². The van der Waals surface area contributed by atoms with E-state index in [0.29, 0.717) is 5.82 Å². The Balaban J connectivity index is 1.21. The lowest BCUT2D eigenvalue weighted by molar-refractivity contribution is 0.669. The highest BCUT2D eigenvalue weighted by Gasteiger charge is 2.19. The van der Waals surface area contributed by atoms with Gasteiger partial charge in [-0.3, -0.25) is 0 Å². The summed E-state index contributed by atoms with van der Waals surface area (Å²) in [5, 5.41) is 5.36. The Morgan fingerprint density at radius 1 is 0.375 bits per heavy atom. The fourth-order valence-corrected chi connectivity index (χ4v) is 6.79. The van der Waals surface area contributed by atoms with Gasteiger partial charge in [0.05, 0.1) is 22.6 Å². The predicted molar refractivity (Wildman–Crippen MR) is 194 cm³/mol. The second-order valence-electron chi connectivity index (χ2n) is 12.0. The van der Waals surface area contributed by atoms with Crippen molar-refractivity contribution in [1.82, 2.24) is 15.0 Å². The summed E-state index contributed by atoms with van der Waals surface area (Å²) in [6.45, 7) is 0. The molecular formula is C43H25N3O2. The van der Waals surface area contributed by atoms with Gasteiger partial charge in [-0.05, 0) is 48.5 Å². The van der Waals surface area contributed by atoms with E-state index in [0.717, 1.165) is 94.1 Å². The highest BCUT2D eigenvalue weighted by atomic mass is 16.3. The number of pyridine rings is 1. The third-order valence-corrected chi connectivity index (χ3v) is 9.10. The van der Waals surface area contributed by atoms with Crippen LogP contribution >= 0.6 is 0 Å². The average Bonchev–Trinajstić information content (AvgIpc) is 3.73. The Labute approximate surface area is 274 Å². The van der Waals surface area contributed by atoms with Gasteiger partial charge in [0.25, 0.3) is 0 Å². The quantitative estimate of drug-likeness (QED) is 0.197. The zero-order chi connectivity index (χ0) is 31.6. The summed E-state index contributed by atoms with van der Waals surface area (Å²) in [6.07, 6.45) is 0. The Bertz CT molecular complexity index is 2730. The van der Waals surface area contributed by atoms with E-state index in [1.165, 1.54) is 0 Å². The molecule has 0 N–H and O–H groups in total. The van der Waals surface area contributed by atoms with Gasteiger partial charge in [0, 0.05) is 49.2 Å². The fraction of sp³-hybridized carbons (Fsp3) is 0. The lowest BCUT2D eigenvalue weighted by atomic mass is 10.0. The Kier molecular flexibility index (Phi) is 5.81. The van der Waals surface area contributed by atoms with Crippen LogP contribution < -0.4 is 0 Å². The van der Waals surface area contributed by atoms with Gasteiger partial charge in [0.15, 0.2) is 5.82 Å². The van der Waals surface area contributed by atoms with Gasteiger partial charge in [-0.2, -0.15) is 0 Å². The molecule has 0 unspecified atom stereocenters. The summed E-state index contributed by atoms with van der Waals surface area (Å²) in [4.78, 5) is 15.4. The van der Waals surface area contributed by atoms with Crippen molar-refractivity contribution in [3.63, 3.8) is 0 Å². The molecule has 0 atom stereocenters. The van der Waals surface area contributed by atoms with Crippen molar-refractivity contribution >= 4 is 54.8 Å². The van der Waals surface area contributed by atoms with Crippen LogP contribution in [0.5, 0.6) is 0 Å². The van der Waals surface area contributed by atoms with E-state index < -0.39 is 0 Å². The van der Waals surface area contributed by atoms with E-state index in [4.69, 9.17) is 23.8 Å². The third kappa shape index (κ3) is 4.22. The third-order valence-electron chi connectivity index (χ3n) is 9.10. The normalized spacial score (nSPS) is 11.8. The van der Waals surface area contributed by atoms with E-state index in [1.807, 2.05) is 66.7 Å². The first-order valence-electron chi connectivity index (χ1n) is 15.9. The standard InChI is InChI=1S/C43H25N3O2/c1-4-19-35-26(10-1)22-23-36(44-35)27-11-7-12-28(24-27)43-45-37(33-17-8-15-31-29-13-2-5-20-39(29)47-41(31)33)25-38(46-43)34-18-9-16-32-30-14-3-6-21-40(30)48-42(32)34/h1-25H. The van der Waals surface area contributed by atoms with E-state index >= 15 is 0 Å². The molecule has 6 aromatic carbocycles. The summed E-state index contributed by atoms with van der Waals surface area (Å²) in [6, 6.07) is 51.4. The number of hydrogen-bond donors (Lipinski definition) is 0. The minimum atomic E-state index is 0.603. The molecule has 0 aliphatic carbocycles. The van der Waals surface area contributed by atoms with Gasteiger partial charge < -0.3 is 8.83 Å². The molecule has 5 heteroatoms. The van der Waals surface area contributed by atoms with Crippen molar-refractivity contribution in [2.24, 2.45) is 0 Å². The van der Waals surface area contributed by atoms with Crippen molar-refractivity contribution in [3.8, 4) is 45.2 Å². The summed E-state index contributed by atoms with van der Waals surface area (Å²) >= 11 is 0. The molecule has 48 heavy (non-hydrogen) atoms. The summed E-state index contributed by atoms with van der Waals surface area (Å²) < 4.78 is 12.9. The lowest BCUT2D eigenvalue weighted by Gasteiger charge is -2.11. The molecule has 0 fully saturated rings. The second-order valence-corrected chi connectivity index (χ2v) is 12.0. The molecule has 0 saturated carbocycles. The maximum atomic E-state index is 6.46. The van der Waals surface area contributed by atoms with Crippen LogP contribution in [0, 0.1) is 0 Å². The molecule has 0 aliphatic heterocycles. The highest BCUT2D eigenvalue weighted by Crippen LogP contribution is 2.39. The number of hydrogen-bond acceptors (Lipinski definition) is 5. The minimum absolute atomic E-state index is 0.603. The first kappa shape index (κ1) is 26.6. The molecule has 0 radical (unpaired) electrons.